The van der Waals surface area contributed by atoms with E-state index in [1.165, 1.54) is 12.1 Å². The third-order valence-electron chi connectivity index (χ3n) is 4.86. The Kier molecular flexibility index (Phi) is 6.31. The van der Waals surface area contributed by atoms with Gasteiger partial charge >= 0.3 is 0 Å². The van der Waals surface area contributed by atoms with E-state index in [2.05, 4.69) is 20.2 Å². The summed E-state index contributed by atoms with van der Waals surface area (Å²) in [6, 6.07) is 8.27. The number of hydrogen-bond acceptors (Lipinski definition) is 7. The zero-order chi connectivity index (χ0) is 19.2. The van der Waals surface area contributed by atoms with E-state index in [-0.39, 0.29) is 12.3 Å². The molecule has 8 heteroatoms. The maximum Gasteiger partial charge on any atom is 0.270 e. The smallest absolute Gasteiger partial charge is 0.270 e. The van der Waals surface area contributed by atoms with E-state index in [4.69, 9.17) is 5.11 Å². The number of β-amino-alcohol motifs (C(OH)–C–C–N with tert-alkyl or cyclic N) is 1. The van der Waals surface area contributed by atoms with Gasteiger partial charge in [-0.15, -0.1) is 0 Å². The molecule has 0 saturated carbocycles. The van der Waals surface area contributed by atoms with Crippen LogP contribution in [0.5, 0.6) is 0 Å². The minimum atomic E-state index is -0.415. The van der Waals surface area contributed by atoms with Crippen molar-refractivity contribution >= 4 is 11.5 Å². The number of aromatic nitrogens is 2. The average Bonchev–Trinajstić information content (AvgIpc) is 2.67. The van der Waals surface area contributed by atoms with E-state index < -0.39 is 4.92 Å². The number of hydrogen-bond donors (Lipinski definition) is 2. The van der Waals surface area contributed by atoms with Crippen molar-refractivity contribution in [2.24, 2.45) is 5.92 Å². The Bertz CT molecular complexity index is 791. The van der Waals surface area contributed by atoms with Crippen LogP contribution < -0.4 is 5.32 Å². The van der Waals surface area contributed by atoms with Crippen LogP contribution in [0.15, 0.2) is 30.3 Å². The van der Waals surface area contributed by atoms with Crippen LogP contribution in [-0.2, 0) is 0 Å². The number of anilines is 1. The highest BCUT2D eigenvalue weighted by Gasteiger charge is 2.19. The Balaban J connectivity index is 1.66. The van der Waals surface area contributed by atoms with Crippen molar-refractivity contribution < 1.29 is 10.0 Å². The second-order valence-corrected chi connectivity index (χ2v) is 6.92. The zero-order valence-corrected chi connectivity index (χ0v) is 15.5. The van der Waals surface area contributed by atoms with Gasteiger partial charge in [0.05, 0.1) is 11.5 Å². The van der Waals surface area contributed by atoms with Gasteiger partial charge in [-0.1, -0.05) is 12.1 Å². The fourth-order valence-electron chi connectivity index (χ4n) is 3.35. The van der Waals surface area contributed by atoms with Crippen molar-refractivity contribution in [3.8, 4) is 11.4 Å². The van der Waals surface area contributed by atoms with E-state index in [0.29, 0.717) is 17.3 Å². The molecule has 1 aromatic heterocycles. The molecule has 1 aliphatic heterocycles. The van der Waals surface area contributed by atoms with Gasteiger partial charge in [0.15, 0.2) is 5.82 Å². The zero-order valence-electron chi connectivity index (χ0n) is 15.5. The number of non-ortho nitro benzene ring substituents is 1. The number of aliphatic hydroxyl groups excluding tert-OH is 1. The first-order valence-corrected chi connectivity index (χ1v) is 9.23. The van der Waals surface area contributed by atoms with Crippen LogP contribution in [0.2, 0.25) is 0 Å². The Morgan fingerprint density at radius 1 is 1.30 bits per heavy atom. The third kappa shape index (κ3) is 5.21. The number of benzene rings is 1. The van der Waals surface area contributed by atoms with Crippen molar-refractivity contribution in [3.63, 3.8) is 0 Å². The molecule has 0 radical (unpaired) electrons. The molecule has 144 valence electrons. The van der Waals surface area contributed by atoms with Gasteiger partial charge in [-0.05, 0) is 38.8 Å². The number of piperidine rings is 1. The van der Waals surface area contributed by atoms with Gasteiger partial charge in [-0.25, -0.2) is 9.97 Å². The molecule has 2 heterocycles. The average molecular weight is 371 g/mol. The summed E-state index contributed by atoms with van der Waals surface area (Å²) >= 11 is 0. The molecular formula is C19H25N5O3. The summed E-state index contributed by atoms with van der Waals surface area (Å²) in [5.74, 6) is 1.79. The number of rotatable bonds is 7. The van der Waals surface area contributed by atoms with Gasteiger partial charge in [0.25, 0.3) is 5.69 Å². The standard InChI is InChI=1S/C19H25N5O3/c1-14-11-18(20-13-15-5-7-23(8-6-15)9-10-25)22-19(21-14)16-3-2-4-17(12-16)24(26)27/h2-4,11-12,15,25H,5-10,13H2,1H3,(H,20,21,22). The van der Waals surface area contributed by atoms with Crippen molar-refractivity contribution in [3.05, 3.63) is 46.1 Å². The molecule has 1 aromatic carbocycles. The molecule has 8 nitrogen and oxygen atoms in total. The summed E-state index contributed by atoms with van der Waals surface area (Å²) in [5.41, 5.74) is 1.47. The summed E-state index contributed by atoms with van der Waals surface area (Å²) in [6.45, 7) is 5.70. The lowest BCUT2D eigenvalue weighted by Crippen LogP contribution is -2.37. The third-order valence-corrected chi connectivity index (χ3v) is 4.86. The number of nitro benzene ring substituents is 1. The van der Waals surface area contributed by atoms with Crippen LogP contribution in [0.1, 0.15) is 18.5 Å². The summed E-state index contributed by atoms with van der Waals surface area (Å²) < 4.78 is 0. The van der Waals surface area contributed by atoms with Crippen LogP contribution >= 0.6 is 0 Å². The van der Waals surface area contributed by atoms with Crippen LogP contribution in [0, 0.1) is 23.0 Å². The Hall–Kier alpha value is -2.58. The van der Waals surface area contributed by atoms with Crippen molar-refractivity contribution in [1.29, 1.82) is 0 Å². The molecule has 0 spiro atoms. The largest absolute Gasteiger partial charge is 0.395 e. The predicted molar refractivity (Wildman–Crippen MR) is 104 cm³/mol. The molecule has 0 aliphatic carbocycles. The van der Waals surface area contributed by atoms with Gasteiger partial charge in [-0.3, -0.25) is 10.1 Å². The fraction of sp³-hybridized carbons (Fsp3) is 0.474. The SMILES string of the molecule is Cc1cc(NCC2CCN(CCO)CC2)nc(-c2cccc([N+](=O)[O-])c2)n1. The molecular weight excluding hydrogens is 346 g/mol. The van der Waals surface area contributed by atoms with E-state index in [0.717, 1.165) is 50.5 Å². The molecule has 1 saturated heterocycles. The lowest BCUT2D eigenvalue weighted by Gasteiger charge is -2.31. The summed E-state index contributed by atoms with van der Waals surface area (Å²) in [5, 5.41) is 23.4. The summed E-state index contributed by atoms with van der Waals surface area (Å²) in [4.78, 5) is 21.8. The van der Waals surface area contributed by atoms with Gasteiger partial charge < -0.3 is 15.3 Å². The molecule has 0 atom stereocenters. The molecule has 0 bridgehead atoms. The second kappa shape index (κ2) is 8.88. The van der Waals surface area contributed by atoms with E-state index >= 15 is 0 Å². The summed E-state index contributed by atoms with van der Waals surface area (Å²) in [7, 11) is 0. The lowest BCUT2D eigenvalue weighted by molar-refractivity contribution is -0.384. The molecule has 1 aliphatic rings. The van der Waals surface area contributed by atoms with Crippen LogP contribution in [0.4, 0.5) is 11.5 Å². The monoisotopic (exact) mass is 371 g/mol. The number of nitro groups is 1. The number of nitrogens with one attached hydrogen (secondary N) is 1. The molecule has 3 rings (SSSR count). The Morgan fingerprint density at radius 2 is 2.07 bits per heavy atom. The lowest BCUT2D eigenvalue weighted by atomic mass is 9.97. The highest BCUT2D eigenvalue weighted by atomic mass is 16.6. The predicted octanol–water partition coefficient (Wildman–Crippen LogP) is 2.48. The quantitative estimate of drug-likeness (QED) is 0.569. The van der Waals surface area contributed by atoms with Crippen molar-refractivity contribution in [1.82, 2.24) is 14.9 Å². The molecule has 0 amide bonds. The first-order chi connectivity index (χ1) is 13.0. The summed E-state index contributed by atoms with van der Waals surface area (Å²) in [6.07, 6.45) is 2.18. The highest BCUT2D eigenvalue weighted by Crippen LogP contribution is 2.23. The molecule has 0 unspecified atom stereocenters. The van der Waals surface area contributed by atoms with Gasteiger partial charge in [0.1, 0.15) is 5.82 Å². The van der Waals surface area contributed by atoms with Gasteiger partial charge in [-0.2, -0.15) is 0 Å². The highest BCUT2D eigenvalue weighted by molar-refractivity contribution is 5.61. The molecule has 1 fully saturated rings. The van der Waals surface area contributed by atoms with Crippen LogP contribution in [0.25, 0.3) is 11.4 Å². The van der Waals surface area contributed by atoms with Crippen molar-refractivity contribution in [2.45, 2.75) is 19.8 Å². The fourth-order valence-corrected chi connectivity index (χ4v) is 3.35. The van der Waals surface area contributed by atoms with E-state index in [1.807, 2.05) is 13.0 Å². The maximum absolute atomic E-state index is 11.0. The van der Waals surface area contributed by atoms with Crippen LogP contribution in [-0.4, -0.2) is 57.7 Å². The topological polar surface area (TPSA) is 104 Å². The Labute approximate surface area is 158 Å². The normalized spacial score (nSPS) is 15.6. The van der Waals surface area contributed by atoms with Gasteiger partial charge in [0, 0.05) is 42.5 Å². The number of aliphatic hydroxyl groups is 1. The molecule has 27 heavy (non-hydrogen) atoms. The maximum atomic E-state index is 11.0. The minimum Gasteiger partial charge on any atom is -0.395 e. The Morgan fingerprint density at radius 3 is 2.78 bits per heavy atom. The minimum absolute atomic E-state index is 0.0294. The number of aryl methyl sites for hydroxylation is 1. The van der Waals surface area contributed by atoms with E-state index in [9.17, 15) is 10.1 Å². The van der Waals surface area contributed by atoms with Crippen LogP contribution in [0.3, 0.4) is 0 Å². The van der Waals surface area contributed by atoms with Gasteiger partial charge in [0.2, 0.25) is 0 Å². The molecule has 2 N–H and O–H groups in total. The number of nitrogens with zero attached hydrogens (tertiary/aromatic N) is 4. The molecule has 2 aromatic rings. The van der Waals surface area contributed by atoms with Crippen molar-refractivity contribution in [2.75, 3.05) is 38.1 Å². The van der Waals surface area contributed by atoms with E-state index in [1.54, 1.807) is 12.1 Å². The first kappa shape index (κ1) is 19.2. The first-order valence-electron chi connectivity index (χ1n) is 9.23. The second-order valence-electron chi connectivity index (χ2n) is 6.92. The number of likely N-dealkylation sites (tertiary alicyclic amines) is 1.